The van der Waals surface area contributed by atoms with Gasteiger partial charge in [0.05, 0.1) is 11.8 Å². The van der Waals surface area contributed by atoms with Crippen LogP contribution in [-0.4, -0.2) is 60.2 Å². The van der Waals surface area contributed by atoms with Crippen molar-refractivity contribution in [3.05, 3.63) is 47.9 Å². The second-order valence-corrected chi connectivity index (χ2v) is 7.79. The average molecular weight is 525 g/mol. The van der Waals surface area contributed by atoms with E-state index in [0.29, 0.717) is 12.6 Å². The zero-order chi connectivity index (χ0) is 19.9. The molecule has 0 unspecified atom stereocenters. The topological polar surface area (TPSA) is 66.1 Å². The number of nitrogens with one attached hydrogen (secondary N) is 1. The fraction of sp³-hybridized carbons (Fsp3) is 0.545. The van der Waals surface area contributed by atoms with Crippen molar-refractivity contribution < 1.29 is 9.26 Å². The molecule has 1 aliphatic carbocycles. The van der Waals surface area contributed by atoms with Gasteiger partial charge in [0.25, 0.3) is 0 Å². The highest BCUT2D eigenvalue weighted by molar-refractivity contribution is 14.0. The Bertz CT molecular complexity index is 785. The van der Waals surface area contributed by atoms with Crippen molar-refractivity contribution in [1.82, 2.24) is 20.3 Å². The third-order valence-electron chi connectivity index (χ3n) is 5.77. The molecule has 2 heterocycles. The van der Waals surface area contributed by atoms with E-state index in [4.69, 9.17) is 9.26 Å². The highest BCUT2D eigenvalue weighted by Gasteiger charge is 2.21. The molecule has 0 radical (unpaired) electrons. The molecule has 30 heavy (non-hydrogen) atoms. The van der Waals surface area contributed by atoms with Gasteiger partial charge in [0, 0.05) is 57.9 Å². The Morgan fingerprint density at radius 3 is 2.63 bits per heavy atom. The lowest BCUT2D eigenvalue weighted by Gasteiger charge is -2.36. The number of hydrogen-bond donors (Lipinski definition) is 1. The van der Waals surface area contributed by atoms with Gasteiger partial charge in [-0.15, -0.1) is 24.0 Å². The molecule has 2 aromatic rings. The molecule has 7 nitrogen and oxygen atoms in total. The SMILES string of the molecule is CN=C(NCc1ccccc1OC1CCCC1)N1CCN(Cc2ccon2)CC1.I. The molecule has 2 aliphatic rings. The number of ether oxygens (including phenoxy) is 1. The number of aromatic nitrogens is 1. The number of nitrogens with zero attached hydrogens (tertiary/aromatic N) is 4. The number of guanidine groups is 1. The van der Waals surface area contributed by atoms with Crippen LogP contribution < -0.4 is 10.1 Å². The van der Waals surface area contributed by atoms with Crippen LogP contribution >= 0.6 is 24.0 Å². The Morgan fingerprint density at radius 1 is 1.17 bits per heavy atom. The molecule has 1 N–H and O–H groups in total. The summed E-state index contributed by atoms with van der Waals surface area (Å²) in [5.41, 5.74) is 2.17. The molecular weight excluding hydrogens is 493 g/mol. The van der Waals surface area contributed by atoms with Crippen LogP contribution in [0.15, 0.2) is 46.1 Å². The van der Waals surface area contributed by atoms with Crippen molar-refractivity contribution in [2.75, 3.05) is 33.2 Å². The maximum atomic E-state index is 6.27. The first-order valence-electron chi connectivity index (χ1n) is 10.6. The Labute approximate surface area is 195 Å². The lowest BCUT2D eigenvalue weighted by Crippen LogP contribution is -2.52. The molecule has 0 bridgehead atoms. The summed E-state index contributed by atoms with van der Waals surface area (Å²) in [5, 5.41) is 7.54. The van der Waals surface area contributed by atoms with E-state index in [1.165, 1.54) is 31.2 Å². The number of rotatable bonds is 6. The second kappa shape index (κ2) is 11.5. The summed E-state index contributed by atoms with van der Waals surface area (Å²) in [7, 11) is 1.85. The smallest absolute Gasteiger partial charge is 0.194 e. The molecule has 0 atom stereocenters. The standard InChI is InChI=1S/C22H31N5O2.HI/c1-23-22(27-13-11-26(12-14-27)17-19-10-15-28-25-19)24-16-18-6-2-5-9-21(18)29-20-7-3-4-8-20;/h2,5-6,9-10,15,20H,3-4,7-8,11-14,16-17H2,1H3,(H,23,24);1H. The third-order valence-corrected chi connectivity index (χ3v) is 5.77. The minimum Gasteiger partial charge on any atom is -0.490 e. The fourth-order valence-corrected chi connectivity index (χ4v) is 4.12. The number of hydrogen-bond acceptors (Lipinski definition) is 5. The molecule has 1 saturated carbocycles. The first kappa shape index (κ1) is 22.9. The highest BCUT2D eigenvalue weighted by Crippen LogP contribution is 2.26. The van der Waals surface area contributed by atoms with Crippen LogP contribution in [0.25, 0.3) is 0 Å². The summed E-state index contributed by atoms with van der Waals surface area (Å²) in [6.45, 7) is 5.40. The monoisotopic (exact) mass is 525 g/mol. The van der Waals surface area contributed by atoms with Crippen molar-refractivity contribution in [2.24, 2.45) is 4.99 Å². The number of para-hydroxylation sites is 1. The Balaban J connectivity index is 0.00000256. The molecule has 1 aromatic heterocycles. The maximum absolute atomic E-state index is 6.27. The van der Waals surface area contributed by atoms with Crippen molar-refractivity contribution >= 4 is 29.9 Å². The minimum atomic E-state index is 0. The van der Waals surface area contributed by atoms with Gasteiger partial charge in [0.15, 0.2) is 5.96 Å². The van der Waals surface area contributed by atoms with Crippen molar-refractivity contribution in [3.63, 3.8) is 0 Å². The largest absolute Gasteiger partial charge is 0.490 e. The van der Waals surface area contributed by atoms with E-state index in [0.717, 1.165) is 50.1 Å². The summed E-state index contributed by atoms with van der Waals surface area (Å²) in [6.07, 6.45) is 6.89. The van der Waals surface area contributed by atoms with Crippen LogP contribution in [0.2, 0.25) is 0 Å². The highest BCUT2D eigenvalue weighted by atomic mass is 127. The summed E-state index contributed by atoms with van der Waals surface area (Å²) in [4.78, 5) is 9.22. The first-order chi connectivity index (χ1) is 14.3. The van der Waals surface area contributed by atoms with E-state index in [2.05, 4.69) is 49.5 Å². The van der Waals surface area contributed by atoms with E-state index in [-0.39, 0.29) is 24.0 Å². The van der Waals surface area contributed by atoms with Crippen molar-refractivity contribution in [3.8, 4) is 5.75 Å². The summed E-state index contributed by atoms with van der Waals surface area (Å²) >= 11 is 0. The predicted molar refractivity (Wildman–Crippen MR) is 128 cm³/mol. The van der Waals surface area contributed by atoms with Crippen LogP contribution in [-0.2, 0) is 13.1 Å². The number of halogens is 1. The van der Waals surface area contributed by atoms with Crippen molar-refractivity contribution in [2.45, 2.75) is 44.9 Å². The Hall–Kier alpha value is -1.81. The lowest BCUT2D eigenvalue weighted by molar-refractivity contribution is 0.169. The Kier molecular flexibility index (Phi) is 8.80. The van der Waals surface area contributed by atoms with Gasteiger partial charge in [0.1, 0.15) is 12.0 Å². The van der Waals surface area contributed by atoms with Gasteiger partial charge in [-0.1, -0.05) is 23.4 Å². The van der Waals surface area contributed by atoms with Crippen LogP contribution in [0.4, 0.5) is 0 Å². The van der Waals surface area contributed by atoms with Gasteiger partial charge in [-0.2, -0.15) is 0 Å². The van der Waals surface area contributed by atoms with Gasteiger partial charge in [-0.3, -0.25) is 9.89 Å². The Morgan fingerprint density at radius 2 is 1.93 bits per heavy atom. The predicted octanol–water partition coefficient (Wildman–Crippen LogP) is 3.51. The van der Waals surface area contributed by atoms with E-state index in [1.807, 2.05) is 13.1 Å². The molecule has 0 amide bonds. The lowest BCUT2D eigenvalue weighted by atomic mass is 10.2. The third kappa shape index (κ3) is 6.10. The van der Waals surface area contributed by atoms with Crippen LogP contribution in [0.5, 0.6) is 5.75 Å². The van der Waals surface area contributed by atoms with Gasteiger partial charge < -0.3 is 19.5 Å². The zero-order valence-electron chi connectivity index (χ0n) is 17.6. The van der Waals surface area contributed by atoms with E-state index in [9.17, 15) is 0 Å². The quantitative estimate of drug-likeness (QED) is 0.354. The van der Waals surface area contributed by atoms with Crippen LogP contribution in [0, 0.1) is 0 Å². The zero-order valence-corrected chi connectivity index (χ0v) is 20.0. The fourth-order valence-electron chi connectivity index (χ4n) is 4.12. The first-order valence-corrected chi connectivity index (χ1v) is 10.6. The van der Waals surface area contributed by atoms with Gasteiger partial charge in [-0.05, 0) is 31.7 Å². The van der Waals surface area contributed by atoms with E-state index < -0.39 is 0 Å². The number of piperazine rings is 1. The minimum absolute atomic E-state index is 0. The van der Waals surface area contributed by atoms with Gasteiger partial charge >= 0.3 is 0 Å². The summed E-state index contributed by atoms with van der Waals surface area (Å²) in [6, 6.07) is 10.3. The molecule has 1 saturated heterocycles. The molecule has 2 fully saturated rings. The van der Waals surface area contributed by atoms with Gasteiger partial charge in [0.2, 0.25) is 0 Å². The molecule has 4 rings (SSSR count). The maximum Gasteiger partial charge on any atom is 0.194 e. The molecular formula is C22H32IN5O2. The van der Waals surface area contributed by atoms with Crippen molar-refractivity contribution in [1.29, 1.82) is 0 Å². The molecule has 1 aliphatic heterocycles. The molecule has 0 spiro atoms. The van der Waals surface area contributed by atoms with Crippen LogP contribution in [0.3, 0.4) is 0 Å². The second-order valence-electron chi connectivity index (χ2n) is 7.79. The molecule has 164 valence electrons. The number of benzene rings is 1. The normalized spacial score (nSPS) is 18.3. The van der Waals surface area contributed by atoms with E-state index in [1.54, 1.807) is 6.26 Å². The van der Waals surface area contributed by atoms with Crippen LogP contribution in [0.1, 0.15) is 36.9 Å². The summed E-state index contributed by atoms with van der Waals surface area (Å²) < 4.78 is 11.2. The average Bonchev–Trinajstić information content (AvgIpc) is 3.45. The van der Waals surface area contributed by atoms with E-state index >= 15 is 0 Å². The summed E-state index contributed by atoms with van der Waals surface area (Å²) in [5.74, 6) is 1.95. The van der Waals surface area contributed by atoms with Gasteiger partial charge in [-0.25, -0.2) is 0 Å². The number of aliphatic imine (C=N–C) groups is 1. The molecule has 1 aromatic carbocycles. The molecule has 8 heteroatoms.